The van der Waals surface area contributed by atoms with E-state index < -0.39 is 17.7 Å². The molecule has 2 amide bonds. The number of benzene rings is 2. The molecule has 258 valence electrons. The Bertz CT molecular complexity index is 1660. The Kier molecular flexibility index (Phi) is 10.4. The highest BCUT2D eigenvalue weighted by atomic mass is 35.5. The van der Waals surface area contributed by atoms with Crippen molar-refractivity contribution in [3.63, 3.8) is 0 Å². The third-order valence-electron chi connectivity index (χ3n) is 10.1. The summed E-state index contributed by atoms with van der Waals surface area (Å²) in [4.78, 5) is 42.6. The van der Waals surface area contributed by atoms with Gasteiger partial charge in [-0.3, -0.25) is 19.3 Å². The van der Waals surface area contributed by atoms with Gasteiger partial charge in [0.25, 0.3) is 5.91 Å². The fraction of sp³-hybridized carbons (Fsp3) is 0.528. The lowest BCUT2D eigenvalue weighted by Crippen LogP contribution is -2.51. The van der Waals surface area contributed by atoms with Crippen molar-refractivity contribution >= 4 is 46.0 Å². The maximum atomic E-state index is 15.5. The maximum absolute atomic E-state index is 15.5. The number of para-hydroxylation sites is 1. The molecule has 2 aliphatic heterocycles. The molecule has 1 aromatic heterocycles. The summed E-state index contributed by atoms with van der Waals surface area (Å²) in [6.07, 6.45) is 4.87. The Morgan fingerprint density at radius 3 is 2.48 bits per heavy atom. The van der Waals surface area contributed by atoms with Gasteiger partial charge in [-0.25, -0.2) is 4.39 Å². The molecule has 0 unspecified atom stereocenters. The van der Waals surface area contributed by atoms with Crippen LogP contribution in [0.4, 0.5) is 10.1 Å². The number of rotatable bonds is 9. The summed E-state index contributed by atoms with van der Waals surface area (Å²) in [5, 5.41) is 13.0. The van der Waals surface area contributed by atoms with Gasteiger partial charge in [-0.15, -0.1) is 0 Å². The van der Waals surface area contributed by atoms with Gasteiger partial charge in [-0.1, -0.05) is 29.8 Å². The normalized spacial score (nSPS) is 26.6. The van der Waals surface area contributed by atoms with Crippen molar-refractivity contribution in [1.29, 1.82) is 0 Å². The number of nitrogens with zero attached hydrogens (tertiary/aromatic N) is 3. The van der Waals surface area contributed by atoms with E-state index in [9.17, 15) is 19.5 Å². The predicted molar refractivity (Wildman–Crippen MR) is 181 cm³/mol. The van der Waals surface area contributed by atoms with Gasteiger partial charge in [-0.2, -0.15) is 0 Å². The Morgan fingerprint density at radius 1 is 1.06 bits per heavy atom. The van der Waals surface area contributed by atoms with Crippen molar-refractivity contribution < 1.29 is 33.4 Å². The minimum Gasteiger partial charge on any atom is -0.481 e. The highest BCUT2D eigenvalue weighted by Crippen LogP contribution is 2.32. The number of aryl methyl sites for hydroxylation is 1. The molecule has 1 saturated carbocycles. The molecule has 48 heavy (non-hydrogen) atoms. The van der Waals surface area contributed by atoms with Crippen LogP contribution in [0.3, 0.4) is 0 Å². The van der Waals surface area contributed by atoms with Crippen LogP contribution in [0.2, 0.25) is 5.02 Å². The zero-order chi connectivity index (χ0) is 34.1. The van der Waals surface area contributed by atoms with Crippen LogP contribution in [-0.4, -0.2) is 93.9 Å². The highest BCUT2D eigenvalue weighted by molar-refractivity contribution is 6.34. The Balaban J connectivity index is 1.14. The Hall–Kier alpha value is -3.51. The number of halogens is 2. The molecule has 3 aliphatic rings. The number of ether oxygens (including phenoxy) is 2. The van der Waals surface area contributed by atoms with Crippen LogP contribution in [0.5, 0.6) is 0 Å². The fourth-order valence-electron chi connectivity index (χ4n) is 7.66. The molecule has 2 N–H and O–H groups in total. The number of aromatic nitrogens is 1. The number of morpholine rings is 1. The highest BCUT2D eigenvalue weighted by Gasteiger charge is 2.41. The monoisotopic (exact) mass is 682 g/mol. The van der Waals surface area contributed by atoms with E-state index in [-0.39, 0.29) is 64.9 Å². The lowest BCUT2D eigenvalue weighted by Gasteiger charge is -2.38. The fourth-order valence-corrected chi connectivity index (χ4v) is 7.89. The number of hydrogen-bond donors (Lipinski definition) is 2. The van der Waals surface area contributed by atoms with E-state index in [1.54, 1.807) is 6.20 Å². The predicted octanol–water partition coefficient (Wildman–Crippen LogP) is 5.50. The zero-order valence-electron chi connectivity index (χ0n) is 27.7. The number of fused-ring (bicyclic) bond motifs is 1. The van der Waals surface area contributed by atoms with Gasteiger partial charge in [0.05, 0.1) is 59.6 Å². The van der Waals surface area contributed by atoms with E-state index in [1.807, 2.05) is 40.8 Å². The summed E-state index contributed by atoms with van der Waals surface area (Å²) in [5.74, 6) is -2.35. The number of likely N-dealkylation sites (tertiary alicyclic amines) is 1. The van der Waals surface area contributed by atoms with E-state index in [0.29, 0.717) is 44.4 Å². The molecule has 3 fully saturated rings. The average Bonchev–Trinajstić information content (AvgIpc) is 3.64. The van der Waals surface area contributed by atoms with Crippen molar-refractivity contribution in [1.82, 2.24) is 14.4 Å². The molecule has 3 aromatic rings. The molecule has 12 heteroatoms. The van der Waals surface area contributed by atoms with Crippen molar-refractivity contribution in [2.75, 3.05) is 31.6 Å². The molecule has 0 bridgehead atoms. The van der Waals surface area contributed by atoms with Gasteiger partial charge in [0, 0.05) is 49.8 Å². The molecule has 3 heterocycles. The van der Waals surface area contributed by atoms with Crippen LogP contribution in [-0.2, 0) is 32.5 Å². The van der Waals surface area contributed by atoms with E-state index >= 15 is 4.39 Å². The molecular weight excluding hydrogens is 639 g/mol. The van der Waals surface area contributed by atoms with Gasteiger partial charge in [-0.05, 0) is 69.7 Å². The quantitative estimate of drug-likeness (QED) is 0.306. The minimum atomic E-state index is -0.759. The average molecular weight is 683 g/mol. The first-order chi connectivity index (χ1) is 23.0. The minimum absolute atomic E-state index is 0.0482. The molecule has 2 saturated heterocycles. The molecule has 2 aromatic carbocycles. The number of hydrogen-bond acceptors (Lipinski definition) is 6. The number of carbonyl (C=O) groups is 3. The number of anilines is 1. The maximum Gasteiger partial charge on any atom is 0.306 e. The van der Waals surface area contributed by atoms with Crippen LogP contribution in [0.1, 0.15) is 61.9 Å². The number of carbonyl (C=O) groups excluding carboxylic acids is 2. The van der Waals surface area contributed by atoms with Gasteiger partial charge in [0.1, 0.15) is 5.82 Å². The number of carboxylic acids is 1. The van der Waals surface area contributed by atoms with E-state index in [1.165, 1.54) is 12.1 Å². The van der Waals surface area contributed by atoms with Crippen molar-refractivity contribution in [2.24, 2.45) is 13.0 Å². The smallest absolute Gasteiger partial charge is 0.306 e. The summed E-state index contributed by atoms with van der Waals surface area (Å²) in [7, 11) is 1.85. The molecule has 0 spiro atoms. The number of nitrogens with one attached hydrogen (secondary N) is 1. The Morgan fingerprint density at radius 2 is 1.77 bits per heavy atom. The first-order valence-corrected chi connectivity index (χ1v) is 17.2. The lowest BCUT2D eigenvalue weighted by atomic mass is 9.87. The van der Waals surface area contributed by atoms with E-state index in [2.05, 4.69) is 24.1 Å². The van der Waals surface area contributed by atoms with Crippen LogP contribution < -0.4 is 5.32 Å². The number of aliphatic carboxylic acids is 1. The third kappa shape index (κ3) is 7.54. The first-order valence-electron chi connectivity index (χ1n) is 16.8. The zero-order valence-corrected chi connectivity index (χ0v) is 28.4. The molecule has 0 radical (unpaired) electrons. The summed E-state index contributed by atoms with van der Waals surface area (Å²) in [6, 6.07) is 10.0. The summed E-state index contributed by atoms with van der Waals surface area (Å²) >= 11 is 6.56. The largest absolute Gasteiger partial charge is 0.481 e. The third-order valence-corrected chi connectivity index (χ3v) is 10.4. The van der Waals surface area contributed by atoms with Gasteiger partial charge in [0.15, 0.2) is 0 Å². The lowest BCUT2D eigenvalue weighted by molar-refractivity contribution is -0.144. The molecule has 4 atom stereocenters. The van der Waals surface area contributed by atoms with Crippen molar-refractivity contribution in [2.45, 2.75) is 82.8 Å². The van der Waals surface area contributed by atoms with Crippen LogP contribution >= 0.6 is 11.6 Å². The molecule has 10 nitrogen and oxygen atoms in total. The van der Waals surface area contributed by atoms with Gasteiger partial charge < -0.3 is 29.4 Å². The second kappa shape index (κ2) is 14.5. The van der Waals surface area contributed by atoms with Crippen LogP contribution in [0.15, 0.2) is 42.6 Å². The van der Waals surface area contributed by atoms with E-state index in [0.717, 1.165) is 30.4 Å². The SMILES string of the molecule is C[C@@H]1CN([C@H]2C[C@@H](COC3CCC(C(=O)O)CC3)N(C(=O)Cc3cc(Cl)c(NC(=O)c4cn(C)c5ccccc45)cc3F)C2)C[C@H](C)O1. The number of amides is 2. The summed E-state index contributed by atoms with van der Waals surface area (Å²) < 4.78 is 29.6. The van der Waals surface area contributed by atoms with Crippen LogP contribution in [0, 0.1) is 11.7 Å². The molecular formula is C36H44ClFN4O6. The number of carboxylic acid groups (broad SMARTS) is 1. The van der Waals surface area contributed by atoms with Gasteiger partial charge >= 0.3 is 5.97 Å². The standard InChI is InChI=1S/C36H44ClFN4O6/c1-21-16-41(17-22(2)48-21)25-14-26(20-47-27-10-8-23(9-11-27)36(45)46)42(18-25)34(43)13-24-12-30(37)32(15-31(24)38)39-35(44)29-19-40(3)33-7-5-4-6-28(29)33/h4-7,12,15,19,21-23,25-27H,8-11,13-14,16-18,20H2,1-3H3,(H,39,44)(H,45,46)/t21-,22+,23?,25-,26-,27?/m0/s1. The van der Waals surface area contributed by atoms with Crippen molar-refractivity contribution in [3.05, 3.63) is 64.6 Å². The topological polar surface area (TPSA) is 113 Å². The Labute approximate surface area is 285 Å². The summed E-state index contributed by atoms with van der Waals surface area (Å²) in [5.41, 5.74) is 1.62. The van der Waals surface area contributed by atoms with Gasteiger partial charge in [0.2, 0.25) is 5.91 Å². The van der Waals surface area contributed by atoms with Crippen LogP contribution in [0.25, 0.3) is 10.9 Å². The van der Waals surface area contributed by atoms with E-state index in [4.69, 9.17) is 21.1 Å². The molecule has 1 aliphatic carbocycles. The first kappa shape index (κ1) is 34.4. The molecule has 6 rings (SSSR count). The second-order valence-electron chi connectivity index (χ2n) is 13.7. The summed E-state index contributed by atoms with van der Waals surface area (Å²) in [6.45, 7) is 6.46. The second-order valence-corrected chi connectivity index (χ2v) is 14.1. The van der Waals surface area contributed by atoms with Crippen molar-refractivity contribution in [3.8, 4) is 0 Å².